The molecule has 0 heterocycles. The Morgan fingerprint density at radius 3 is 2.58 bits per heavy atom. The third-order valence-electron chi connectivity index (χ3n) is 3.16. The summed E-state index contributed by atoms with van der Waals surface area (Å²) < 4.78 is 13.1. The quantitative estimate of drug-likeness (QED) is 0.845. The van der Waals surface area contributed by atoms with E-state index in [0.29, 0.717) is 5.02 Å². The summed E-state index contributed by atoms with van der Waals surface area (Å²) >= 11 is 6.16. The Bertz CT molecular complexity index is 568. The molecule has 0 amide bonds. The largest absolute Gasteiger partial charge is 0.310 e. The molecule has 0 aromatic heterocycles. The van der Waals surface area contributed by atoms with E-state index < -0.39 is 0 Å². The standard InChI is InChI=1S/C16H17ClFN/c1-3-19-11(2)13-6-4-5-7-14(13)15-9-8-12(18)10-16(15)17/h4-11,19H,3H2,1-2H3. The predicted octanol–water partition coefficient (Wildman–Crippen LogP) is 4.82. The second-order valence-corrected chi connectivity index (χ2v) is 4.90. The number of rotatable bonds is 4. The molecule has 0 saturated carbocycles. The SMILES string of the molecule is CCNC(C)c1ccccc1-c1ccc(F)cc1Cl. The Morgan fingerprint density at radius 1 is 1.16 bits per heavy atom. The van der Waals surface area contributed by atoms with E-state index in [1.165, 1.54) is 12.1 Å². The molecule has 19 heavy (non-hydrogen) atoms. The highest BCUT2D eigenvalue weighted by Gasteiger charge is 2.13. The highest BCUT2D eigenvalue weighted by Crippen LogP contribution is 2.33. The van der Waals surface area contributed by atoms with Gasteiger partial charge in [-0.1, -0.05) is 42.8 Å². The van der Waals surface area contributed by atoms with Crippen LogP contribution >= 0.6 is 11.6 Å². The summed E-state index contributed by atoms with van der Waals surface area (Å²) in [7, 11) is 0. The molecule has 0 saturated heterocycles. The molecule has 0 aliphatic carbocycles. The summed E-state index contributed by atoms with van der Waals surface area (Å²) in [6.45, 7) is 5.08. The van der Waals surface area contributed by atoms with Gasteiger partial charge in [-0.15, -0.1) is 0 Å². The minimum atomic E-state index is -0.314. The zero-order valence-electron chi connectivity index (χ0n) is 11.1. The topological polar surface area (TPSA) is 12.0 Å². The van der Waals surface area contributed by atoms with Gasteiger partial charge in [-0.25, -0.2) is 4.39 Å². The van der Waals surface area contributed by atoms with Crippen molar-refractivity contribution in [3.63, 3.8) is 0 Å². The maximum absolute atomic E-state index is 13.1. The molecule has 2 rings (SSSR count). The van der Waals surface area contributed by atoms with E-state index in [1.54, 1.807) is 6.07 Å². The van der Waals surface area contributed by atoms with Gasteiger partial charge in [0, 0.05) is 11.6 Å². The molecule has 1 unspecified atom stereocenters. The number of hydrogen-bond acceptors (Lipinski definition) is 1. The molecule has 1 atom stereocenters. The van der Waals surface area contributed by atoms with Crippen LogP contribution in [0.15, 0.2) is 42.5 Å². The summed E-state index contributed by atoms with van der Waals surface area (Å²) in [5.74, 6) is -0.314. The minimum absolute atomic E-state index is 0.224. The van der Waals surface area contributed by atoms with Gasteiger partial charge in [0.05, 0.1) is 5.02 Å². The van der Waals surface area contributed by atoms with Crippen molar-refractivity contribution in [3.8, 4) is 11.1 Å². The van der Waals surface area contributed by atoms with Crippen molar-refractivity contribution < 1.29 is 4.39 Å². The highest BCUT2D eigenvalue weighted by molar-refractivity contribution is 6.33. The zero-order chi connectivity index (χ0) is 13.8. The van der Waals surface area contributed by atoms with Crippen molar-refractivity contribution in [1.29, 1.82) is 0 Å². The summed E-state index contributed by atoms with van der Waals surface area (Å²) in [6.07, 6.45) is 0. The number of nitrogens with one attached hydrogen (secondary N) is 1. The van der Waals surface area contributed by atoms with E-state index in [1.807, 2.05) is 18.2 Å². The van der Waals surface area contributed by atoms with Crippen LogP contribution in [0.4, 0.5) is 4.39 Å². The van der Waals surface area contributed by atoms with Crippen molar-refractivity contribution in [3.05, 3.63) is 58.9 Å². The number of halogens is 2. The van der Waals surface area contributed by atoms with E-state index in [2.05, 4.69) is 25.2 Å². The predicted molar refractivity (Wildman–Crippen MR) is 78.9 cm³/mol. The Labute approximate surface area is 118 Å². The van der Waals surface area contributed by atoms with Crippen molar-refractivity contribution in [2.45, 2.75) is 19.9 Å². The molecular weight excluding hydrogens is 261 g/mol. The Morgan fingerprint density at radius 2 is 1.89 bits per heavy atom. The van der Waals surface area contributed by atoms with Crippen LogP contribution in [0.1, 0.15) is 25.5 Å². The number of benzene rings is 2. The third-order valence-corrected chi connectivity index (χ3v) is 3.47. The van der Waals surface area contributed by atoms with Gasteiger partial charge in [-0.05, 0) is 42.8 Å². The highest BCUT2D eigenvalue weighted by atomic mass is 35.5. The molecule has 0 fully saturated rings. The smallest absolute Gasteiger partial charge is 0.124 e. The molecule has 100 valence electrons. The average molecular weight is 278 g/mol. The van der Waals surface area contributed by atoms with Crippen molar-refractivity contribution in [2.75, 3.05) is 6.54 Å². The Kier molecular flexibility index (Phi) is 4.56. The molecule has 0 radical (unpaired) electrons. The fourth-order valence-corrected chi connectivity index (χ4v) is 2.51. The fraction of sp³-hybridized carbons (Fsp3) is 0.250. The van der Waals surface area contributed by atoms with Crippen LogP contribution in [-0.4, -0.2) is 6.54 Å². The van der Waals surface area contributed by atoms with Crippen LogP contribution in [0.3, 0.4) is 0 Å². The van der Waals surface area contributed by atoms with Gasteiger partial charge in [0.15, 0.2) is 0 Å². The fourth-order valence-electron chi connectivity index (χ4n) is 2.24. The minimum Gasteiger partial charge on any atom is -0.310 e. The van der Waals surface area contributed by atoms with Crippen LogP contribution in [0.2, 0.25) is 5.02 Å². The Balaban J connectivity index is 2.50. The van der Waals surface area contributed by atoms with Gasteiger partial charge in [0.25, 0.3) is 0 Å². The summed E-state index contributed by atoms with van der Waals surface area (Å²) in [4.78, 5) is 0. The molecule has 0 spiro atoms. The maximum atomic E-state index is 13.1. The average Bonchev–Trinajstić information content (AvgIpc) is 2.39. The van der Waals surface area contributed by atoms with E-state index in [-0.39, 0.29) is 11.9 Å². The molecule has 0 aliphatic heterocycles. The van der Waals surface area contributed by atoms with E-state index in [0.717, 1.165) is 23.2 Å². The van der Waals surface area contributed by atoms with Crippen molar-refractivity contribution in [2.24, 2.45) is 0 Å². The molecule has 0 bridgehead atoms. The molecule has 3 heteroatoms. The first-order valence-corrected chi connectivity index (χ1v) is 6.79. The molecular formula is C16H17ClFN. The lowest BCUT2D eigenvalue weighted by molar-refractivity contribution is 0.599. The first-order chi connectivity index (χ1) is 9.13. The summed E-state index contributed by atoms with van der Waals surface area (Å²) in [6, 6.07) is 12.8. The van der Waals surface area contributed by atoms with Gasteiger partial charge in [-0.3, -0.25) is 0 Å². The lowest BCUT2D eigenvalue weighted by Gasteiger charge is -2.18. The monoisotopic (exact) mass is 277 g/mol. The van der Waals surface area contributed by atoms with Crippen molar-refractivity contribution in [1.82, 2.24) is 5.32 Å². The van der Waals surface area contributed by atoms with Crippen LogP contribution in [0.25, 0.3) is 11.1 Å². The van der Waals surface area contributed by atoms with Gasteiger partial charge in [0.2, 0.25) is 0 Å². The van der Waals surface area contributed by atoms with Crippen molar-refractivity contribution >= 4 is 11.6 Å². The zero-order valence-corrected chi connectivity index (χ0v) is 11.8. The second-order valence-electron chi connectivity index (χ2n) is 4.49. The normalized spacial score (nSPS) is 12.4. The first kappa shape index (κ1) is 14.0. The van der Waals surface area contributed by atoms with Crippen LogP contribution in [-0.2, 0) is 0 Å². The van der Waals surface area contributed by atoms with Crippen LogP contribution in [0.5, 0.6) is 0 Å². The van der Waals surface area contributed by atoms with Gasteiger partial charge < -0.3 is 5.32 Å². The third kappa shape index (κ3) is 3.14. The van der Waals surface area contributed by atoms with Crippen LogP contribution < -0.4 is 5.32 Å². The summed E-state index contributed by atoms with van der Waals surface area (Å²) in [5.41, 5.74) is 3.07. The van der Waals surface area contributed by atoms with E-state index in [4.69, 9.17) is 11.6 Å². The Hall–Kier alpha value is -1.38. The summed E-state index contributed by atoms with van der Waals surface area (Å²) in [5, 5.41) is 3.83. The first-order valence-electron chi connectivity index (χ1n) is 6.41. The van der Waals surface area contributed by atoms with Crippen LogP contribution in [0, 0.1) is 5.82 Å². The second kappa shape index (κ2) is 6.18. The molecule has 2 aromatic rings. The van der Waals surface area contributed by atoms with Gasteiger partial charge in [-0.2, -0.15) is 0 Å². The van der Waals surface area contributed by atoms with E-state index in [9.17, 15) is 4.39 Å². The van der Waals surface area contributed by atoms with Gasteiger partial charge >= 0.3 is 0 Å². The van der Waals surface area contributed by atoms with E-state index >= 15 is 0 Å². The van der Waals surface area contributed by atoms with Gasteiger partial charge in [0.1, 0.15) is 5.82 Å². The number of hydrogen-bond donors (Lipinski definition) is 1. The maximum Gasteiger partial charge on any atom is 0.124 e. The molecule has 1 N–H and O–H groups in total. The molecule has 2 aromatic carbocycles. The lowest BCUT2D eigenvalue weighted by Crippen LogP contribution is -2.18. The lowest BCUT2D eigenvalue weighted by atomic mass is 9.95. The molecule has 1 nitrogen and oxygen atoms in total. The molecule has 0 aliphatic rings.